The molecular formula is C18H24N2O3. The second-order valence-corrected chi connectivity index (χ2v) is 7.68. The molecule has 2 fully saturated rings. The van der Waals surface area contributed by atoms with Crippen molar-refractivity contribution in [1.82, 2.24) is 4.90 Å². The van der Waals surface area contributed by atoms with Gasteiger partial charge in [-0.3, -0.25) is 4.90 Å². The highest BCUT2D eigenvalue weighted by Gasteiger charge is 2.72. The molecule has 2 heterocycles. The number of rotatable bonds is 1. The van der Waals surface area contributed by atoms with E-state index in [1.807, 2.05) is 6.07 Å². The lowest BCUT2D eigenvalue weighted by molar-refractivity contribution is -0.188. The Balaban J connectivity index is 1.82. The molecule has 1 unspecified atom stereocenters. The second kappa shape index (κ2) is 4.21. The normalized spacial score (nSPS) is 43.9. The van der Waals surface area contributed by atoms with Gasteiger partial charge < -0.3 is 20.7 Å². The fraction of sp³-hybridized carbons (Fsp3) is 0.667. The van der Waals surface area contributed by atoms with Crippen molar-refractivity contribution >= 4 is 0 Å². The van der Waals surface area contributed by atoms with E-state index in [9.17, 15) is 10.2 Å². The Hall–Kier alpha value is -1.30. The molecule has 5 rings (SSSR count). The number of piperidine rings is 1. The Morgan fingerprint density at radius 2 is 2.22 bits per heavy atom. The number of likely N-dealkylation sites (N-methyl/N-ethyl adjacent to an activating group) is 1. The summed E-state index contributed by atoms with van der Waals surface area (Å²) in [6, 6.07) is 3.75. The lowest BCUT2D eigenvalue weighted by atomic mass is 9.48. The van der Waals surface area contributed by atoms with E-state index in [0.717, 1.165) is 37.9 Å². The van der Waals surface area contributed by atoms with Crippen LogP contribution in [0.15, 0.2) is 12.1 Å². The molecule has 2 aliphatic heterocycles. The molecule has 1 saturated carbocycles. The molecule has 2 aliphatic carbocycles. The van der Waals surface area contributed by atoms with Gasteiger partial charge in [0.15, 0.2) is 11.5 Å². The second-order valence-electron chi connectivity index (χ2n) is 7.68. The van der Waals surface area contributed by atoms with Crippen LogP contribution >= 0.6 is 0 Å². The number of ether oxygens (including phenoxy) is 1. The fourth-order valence-corrected chi connectivity index (χ4v) is 6.05. The lowest BCUT2D eigenvalue weighted by Crippen LogP contribution is -2.77. The van der Waals surface area contributed by atoms with Crippen molar-refractivity contribution in [3.05, 3.63) is 23.3 Å². The van der Waals surface area contributed by atoms with Gasteiger partial charge in [-0.05, 0) is 50.4 Å². The van der Waals surface area contributed by atoms with E-state index in [-0.39, 0.29) is 23.9 Å². The SMILES string of the molecule is CCN1CC[C@]23c4c5ccc(O)c4O[C@H]2C(N)CC[C@@]3(O)[C@H]1C5. The summed E-state index contributed by atoms with van der Waals surface area (Å²) >= 11 is 0. The zero-order valence-electron chi connectivity index (χ0n) is 13.5. The molecule has 1 aromatic rings. The number of hydrogen-bond donors (Lipinski definition) is 3. The molecule has 1 saturated heterocycles. The Labute approximate surface area is 136 Å². The number of benzene rings is 1. The Bertz CT molecular complexity index is 693. The van der Waals surface area contributed by atoms with Crippen LogP contribution in [-0.2, 0) is 11.8 Å². The smallest absolute Gasteiger partial charge is 0.165 e. The predicted molar refractivity (Wildman–Crippen MR) is 85.7 cm³/mol. The number of likely N-dealkylation sites (tertiary alicyclic amines) is 1. The summed E-state index contributed by atoms with van der Waals surface area (Å²) in [7, 11) is 0. The highest BCUT2D eigenvalue weighted by Crippen LogP contribution is 2.65. The first-order valence-electron chi connectivity index (χ1n) is 8.77. The first-order chi connectivity index (χ1) is 11.0. The Morgan fingerprint density at radius 1 is 1.39 bits per heavy atom. The van der Waals surface area contributed by atoms with E-state index in [2.05, 4.69) is 11.8 Å². The minimum Gasteiger partial charge on any atom is -0.504 e. The number of phenolic OH excluding ortho intramolecular Hbond substituents is 1. The summed E-state index contributed by atoms with van der Waals surface area (Å²) in [6.45, 7) is 4.06. The number of phenols is 1. The zero-order chi connectivity index (χ0) is 16.0. The molecule has 5 heteroatoms. The maximum atomic E-state index is 11.9. The van der Waals surface area contributed by atoms with Crippen LogP contribution in [-0.4, -0.2) is 52.0 Å². The van der Waals surface area contributed by atoms with Crippen molar-refractivity contribution in [2.24, 2.45) is 5.73 Å². The summed E-state index contributed by atoms with van der Waals surface area (Å²) in [6.07, 6.45) is 2.91. The Morgan fingerprint density at radius 3 is 3.00 bits per heavy atom. The first kappa shape index (κ1) is 14.1. The van der Waals surface area contributed by atoms with Crippen molar-refractivity contribution in [1.29, 1.82) is 0 Å². The van der Waals surface area contributed by atoms with E-state index >= 15 is 0 Å². The molecule has 4 aliphatic rings. The number of aromatic hydroxyl groups is 1. The van der Waals surface area contributed by atoms with E-state index < -0.39 is 11.0 Å². The van der Waals surface area contributed by atoms with Gasteiger partial charge in [0.05, 0.1) is 11.0 Å². The quantitative estimate of drug-likeness (QED) is 0.717. The molecule has 4 N–H and O–H groups in total. The summed E-state index contributed by atoms with van der Waals surface area (Å²) in [5.41, 5.74) is 7.40. The molecule has 23 heavy (non-hydrogen) atoms. The van der Waals surface area contributed by atoms with Crippen molar-refractivity contribution in [3.8, 4) is 11.5 Å². The van der Waals surface area contributed by atoms with Crippen molar-refractivity contribution in [3.63, 3.8) is 0 Å². The van der Waals surface area contributed by atoms with E-state index in [0.29, 0.717) is 12.2 Å². The van der Waals surface area contributed by atoms with Crippen molar-refractivity contribution in [2.45, 2.75) is 61.8 Å². The fourth-order valence-electron chi connectivity index (χ4n) is 6.05. The number of hydrogen-bond acceptors (Lipinski definition) is 5. The zero-order valence-corrected chi connectivity index (χ0v) is 13.5. The van der Waals surface area contributed by atoms with E-state index in [4.69, 9.17) is 10.5 Å². The van der Waals surface area contributed by atoms with Crippen LogP contribution < -0.4 is 10.5 Å². The van der Waals surface area contributed by atoms with Gasteiger partial charge in [0.25, 0.3) is 0 Å². The lowest BCUT2D eigenvalue weighted by Gasteiger charge is -2.63. The summed E-state index contributed by atoms with van der Waals surface area (Å²) in [5.74, 6) is 0.755. The minimum atomic E-state index is -0.812. The Kier molecular flexibility index (Phi) is 2.57. The van der Waals surface area contributed by atoms with Crippen LogP contribution in [0.1, 0.15) is 37.3 Å². The third-order valence-electron chi connectivity index (χ3n) is 7.02. The first-order valence-corrected chi connectivity index (χ1v) is 8.77. The van der Waals surface area contributed by atoms with Crippen LogP contribution in [0.25, 0.3) is 0 Å². The standard InChI is InChI=1S/C18H24N2O3/c1-2-20-8-7-17-14-10-3-4-12(21)15(14)23-16(17)11(19)5-6-18(17,22)13(20)9-10/h3-4,11,13,16,21-22H,2,5-9,19H2,1H3/t11?,13-,16+,17+,18-/m1/s1. The van der Waals surface area contributed by atoms with E-state index in [1.54, 1.807) is 6.07 Å². The molecule has 0 radical (unpaired) electrons. The van der Waals surface area contributed by atoms with Gasteiger partial charge in [0.1, 0.15) is 6.10 Å². The van der Waals surface area contributed by atoms with E-state index in [1.165, 1.54) is 5.56 Å². The van der Waals surface area contributed by atoms with Crippen LogP contribution in [0.2, 0.25) is 0 Å². The molecule has 1 aromatic carbocycles. The minimum absolute atomic E-state index is 0.0955. The van der Waals surface area contributed by atoms with Crippen LogP contribution in [0.3, 0.4) is 0 Å². The highest BCUT2D eigenvalue weighted by molar-refractivity contribution is 5.62. The van der Waals surface area contributed by atoms with Crippen molar-refractivity contribution < 1.29 is 14.9 Å². The molecule has 2 bridgehead atoms. The summed E-state index contributed by atoms with van der Waals surface area (Å²) < 4.78 is 6.20. The molecule has 5 atom stereocenters. The average molecular weight is 316 g/mol. The van der Waals surface area contributed by atoms with Crippen LogP contribution in [0, 0.1) is 0 Å². The third kappa shape index (κ3) is 1.37. The van der Waals surface area contributed by atoms with Gasteiger partial charge in [-0.2, -0.15) is 0 Å². The van der Waals surface area contributed by atoms with Gasteiger partial charge in [-0.15, -0.1) is 0 Å². The van der Waals surface area contributed by atoms with Gasteiger partial charge >= 0.3 is 0 Å². The third-order valence-corrected chi connectivity index (χ3v) is 7.02. The summed E-state index contributed by atoms with van der Waals surface area (Å²) in [4.78, 5) is 2.41. The molecule has 0 amide bonds. The maximum absolute atomic E-state index is 11.9. The van der Waals surface area contributed by atoms with Crippen LogP contribution in [0.5, 0.6) is 11.5 Å². The molecule has 124 valence electrons. The van der Waals surface area contributed by atoms with Crippen molar-refractivity contribution in [2.75, 3.05) is 13.1 Å². The maximum Gasteiger partial charge on any atom is 0.165 e. The largest absolute Gasteiger partial charge is 0.504 e. The van der Waals surface area contributed by atoms with Crippen LogP contribution in [0.4, 0.5) is 0 Å². The monoisotopic (exact) mass is 316 g/mol. The molecular weight excluding hydrogens is 292 g/mol. The number of aliphatic hydroxyl groups is 1. The number of nitrogens with zero attached hydrogens (tertiary/aromatic N) is 1. The van der Waals surface area contributed by atoms with Gasteiger partial charge in [0, 0.05) is 17.6 Å². The van der Waals surface area contributed by atoms with Gasteiger partial charge in [-0.25, -0.2) is 0 Å². The summed E-state index contributed by atoms with van der Waals surface area (Å²) in [5, 5.41) is 22.2. The molecule has 5 nitrogen and oxygen atoms in total. The number of nitrogens with two attached hydrogens (primary N) is 1. The topological polar surface area (TPSA) is 79.0 Å². The highest BCUT2D eigenvalue weighted by atomic mass is 16.5. The molecule has 0 aromatic heterocycles. The molecule has 1 spiro atoms. The predicted octanol–water partition coefficient (Wildman–Crippen LogP) is 0.893. The van der Waals surface area contributed by atoms with Gasteiger partial charge in [0.2, 0.25) is 0 Å². The average Bonchev–Trinajstić information content (AvgIpc) is 2.89. The van der Waals surface area contributed by atoms with Gasteiger partial charge in [-0.1, -0.05) is 13.0 Å².